The highest BCUT2D eigenvalue weighted by molar-refractivity contribution is 5.89. The van der Waals surface area contributed by atoms with Crippen molar-refractivity contribution in [3.05, 3.63) is 35.9 Å². The van der Waals surface area contributed by atoms with Gasteiger partial charge in [-0.05, 0) is 56.2 Å². The predicted octanol–water partition coefficient (Wildman–Crippen LogP) is 3.40. The van der Waals surface area contributed by atoms with Gasteiger partial charge in [-0.1, -0.05) is 25.1 Å². The van der Waals surface area contributed by atoms with Gasteiger partial charge >= 0.3 is 5.97 Å². The Balaban J connectivity index is 1.38. The average molecular weight is 526 g/mol. The molecule has 5 saturated carbocycles. The number of carbonyl (C=O) groups is 1. The van der Waals surface area contributed by atoms with E-state index in [9.17, 15) is 9.90 Å². The lowest BCUT2D eigenvalue weighted by atomic mass is 9.43. The molecule has 0 aromatic heterocycles. The molecule has 0 radical (unpaired) electrons. The van der Waals surface area contributed by atoms with Crippen LogP contribution in [0.15, 0.2) is 30.3 Å². The van der Waals surface area contributed by atoms with E-state index >= 15 is 0 Å². The van der Waals surface area contributed by atoms with Crippen LogP contribution in [0.3, 0.4) is 0 Å². The number of hydrogen-bond acceptors (Lipinski definition) is 7. The standard InChI is InChI=1S/C31H43NO6/c1-5-32-16-29(17-35-2)12-11-24(37-4)31-20-13-19-22(36-3)15-30(34,21(27(31)32)14-23(29)31)25(20)26(19)38-28(33)18-9-7-6-8-10-18/h6-10,19-27,34H,5,11-17H2,1-4H3/t19-,20-,21+,22?,23-,24?,25-,26?,27-,29+,30+,31-/m1/s1. The van der Waals surface area contributed by atoms with Crippen LogP contribution in [0.5, 0.6) is 0 Å². The average Bonchev–Trinajstić information content (AvgIpc) is 3.38. The number of fused-ring (bicyclic) bond motifs is 2. The van der Waals surface area contributed by atoms with Crippen LogP contribution in [0.4, 0.5) is 0 Å². The number of aliphatic hydroxyl groups is 1. The van der Waals surface area contributed by atoms with Crippen LogP contribution in [0.2, 0.25) is 0 Å². The van der Waals surface area contributed by atoms with Crippen molar-refractivity contribution in [1.82, 2.24) is 4.90 Å². The minimum Gasteiger partial charge on any atom is -0.458 e. The maximum Gasteiger partial charge on any atom is 0.338 e. The second kappa shape index (κ2) is 8.74. The molecule has 6 fully saturated rings. The van der Waals surface area contributed by atoms with E-state index in [0.29, 0.717) is 17.9 Å². The number of likely N-dealkylation sites (tertiary alicyclic amines) is 1. The topological polar surface area (TPSA) is 77.5 Å². The first kappa shape index (κ1) is 25.5. The van der Waals surface area contributed by atoms with Crippen molar-refractivity contribution >= 4 is 5.97 Å². The van der Waals surface area contributed by atoms with Crippen molar-refractivity contribution in [2.75, 3.05) is 41.0 Å². The van der Waals surface area contributed by atoms with Gasteiger partial charge in [0.1, 0.15) is 6.10 Å². The zero-order valence-corrected chi connectivity index (χ0v) is 23.2. The summed E-state index contributed by atoms with van der Waals surface area (Å²) in [6.45, 7) is 4.99. The molecule has 7 heteroatoms. The predicted molar refractivity (Wildman–Crippen MR) is 141 cm³/mol. The van der Waals surface area contributed by atoms with Gasteiger partial charge in [0.15, 0.2) is 0 Å². The molecule has 3 unspecified atom stereocenters. The lowest BCUT2D eigenvalue weighted by molar-refractivity contribution is -0.276. The van der Waals surface area contributed by atoms with E-state index in [4.69, 9.17) is 18.9 Å². The van der Waals surface area contributed by atoms with Crippen LogP contribution in [-0.2, 0) is 18.9 Å². The Kier molecular flexibility index (Phi) is 5.86. The van der Waals surface area contributed by atoms with Crippen LogP contribution in [0.1, 0.15) is 49.4 Å². The van der Waals surface area contributed by atoms with E-state index in [1.54, 1.807) is 7.11 Å². The number of piperidine rings is 1. The van der Waals surface area contributed by atoms with Crippen LogP contribution in [-0.4, -0.2) is 87.0 Å². The van der Waals surface area contributed by atoms with Crippen molar-refractivity contribution < 1.29 is 28.8 Å². The summed E-state index contributed by atoms with van der Waals surface area (Å²) < 4.78 is 24.9. The summed E-state index contributed by atoms with van der Waals surface area (Å²) in [4.78, 5) is 16.1. The first-order valence-corrected chi connectivity index (χ1v) is 14.7. The quantitative estimate of drug-likeness (QED) is 0.547. The summed E-state index contributed by atoms with van der Waals surface area (Å²) in [7, 11) is 5.47. The molecule has 7 bridgehead atoms. The Morgan fingerprint density at radius 1 is 1.11 bits per heavy atom. The van der Waals surface area contributed by atoms with Gasteiger partial charge in [0.05, 0.1) is 30.0 Å². The van der Waals surface area contributed by atoms with E-state index in [1.807, 2.05) is 44.6 Å². The first-order chi connectivity index (χ1) is 18.4. The van der Waals surface area contributed by atoms with Crippen LogP contribution >= 0.6 is 0 Å². The molecule has 1 heterocycles. The number of nitrogens with zero attached hydrogens (tertiary/aromatic N) is 1. The van der Waals surface area contributed by atoms with Crippen molar-refractivity contribution in [1.29, 1.82) is 0 Å². The van der Waals surface area contributed by atoms with E-state index in [1.165, 1.54) is 0 Å². The van der Waals surface area contributed by atoms with Crippen LogP contribution in [0.25, 0.3) is 0 Å². The summed E-state index contributed by atoms with van der Waals surface area (Å²) in [5.74, 6) is 0.395. The van der Waals surface area contributed by atoms with Crippen molar-refractivity contribution in [3.63, 3.8) is 0 Å². The van der Waals surface area contributed by atoms with Gasteiger partial charge in [-0.2, -0.15) is 0 Å². The Labute approximate surface area is 226 Å². The second-order valence-corrected chi connectivity index (χ2v) is 13.2. The molecular formula is C31H43NO6. The molecule has 1 aromatic carbocycles. The maximum atomic E-state index is 13.4. The highest BCUT2D eigenvalue weighted by atomic mass is 16.6. The van der Waals surface area contributed by atoms with Gasteiger partial charge in [-0.3, -0.25) is 4.90 Å². The second-order valence-electron chi connectivity index (χ2n) is 13.2. The maximum absolute atomic E-state index is 13.4. The van der Waals surface area contributed by atoms with Crippen molar-refractivity contribution in [2.45, 2.75) is 69.0 Å². The first-order valence-electron chi connectivity index (χ1n) is 14.7. The molecule has 1 aliphatic heterocycles. The Morgan fingerprint density at radius 3 is 2.58 bits per heavy atom. The van der Waals surface area contributed by atoms with Crippen molar-refractivity contribution in [2.24, 2.45) is 40.4 Å². The molecule has 7 nitrogen and oxygen atoms in total. The number of rotatable bonds is 7. The lowest BCUT2D eigenvalue weighted by Gasteiger charge is -2.69. The van der Waals surface area contributed by atoms with Crippen LogP contribution < -0.4 is 0 Å². The van der Waals surface area contributed by atoms with Crippen LogP contribution in [0, 0.1) is 40.4 Å². The molecule has 12 atom stereocenters. The minimum atomic E-state index is -0.942. The number of methoxy groups -OCH3 is 3. The number of esters is 1. The third kappa shape index (κ3) is 2.95. The van der Waals surface area contributed by atoms with Gasteiger partial charge < -0.3 is 24.1 Å². The van der Waals surface area contributed by atoms with Gasteiger partial charge in [-0.25, -0.2) is 4.79 Å². The zero-order chi connectivity index (χ0) is 26.4. The zero-order valence-electron chi connectivity index (χ0n) is 23.2. The summed E-state index contributed by atoms with van der Waals surface area (Å²) >= 11 is 0. The fraction of sp³-hybridized carbons (Fsp3) is 0.774. The molecule has 1 aromatic rings. The highest BCUT2D eigenvalue weighted by Crippen LogP contribution is 2.79. The Morgan fingerprint density at radius 2 is 1.89 bits per heavy atom. The molecule has 38 heavy (non-hydrogen) atoms. The van der Waals surface area contributed by atoms with E-state index in [0.717, 1.165) is 45.4 Å². The minimum absolute atomic E-state index is 0.0645. The molecule has 5 aliphatic carbocycles. The van der Waals surface area contributed by atoms with Crippen molar-refractivity contribution in [3.8, 4) is 0 Å². The third-order valence-corrected chi connectivity index (χ3v) is 12.4. The van der Waals surface area contributed by atoms with Gasteiger partial charge in [0.25, 0.3) is 0 Å². The van der Waals surface area contributed by atoms with Gasteiger partial charge in [0.2, 0.25) is 0 Å². The highest BCUT2D eigenvalue weighted by Gasteiger charge is 2.84. The Hall–Kier alpha value is -1.51. The van der Waals surface area contributed by atoms with E-state index in [2.05, 4.69) is 11.8 Å². The molecule has 0 amide bonds. The smallest absolute Gasteiger partial charge is 0.338 e. The summed E-state index contributed by atoms with van der Waals surface area (Å²) in [6, 6.07) is 9.52. The SMILES string of the molecule is CCN1C[C@]2(COC)CCC(OC)[C@@]34[C@@H]5C[C@@H]6C(OC)C[C@](O)([C@@H](C[C@H]23)[C@@H]14)[C@H]5C6OC(=O)c1ccccc1. The summed E-state index contributed by atoms with van der Waals surface area (Å²) in [5, 5.41) is 12.9. The number of ether oxygens (including phenoxy) is 4. The molecular weight excluding hydrogens is 482 g/mol. The Bertz CT molecular complexity index is 1080. The lowest BCUT2D eigenvalue weighted by Crippen LogP contribution is -2.76. The summed E-state index contributed by atoms with van der Waals surface area (Å²) in [5.41, 5.74) is -0.405. The molecule has 7 rings (SSSR count). The fourth-order valence-electron chi connectivity index (χ4n) is 11.5. The number of hydrogen-bond donors (Lipinski definition) is 1. The van der Waals surface area contributed by atoms with E-state index < -0.39 is 5.60 Å². The monoisotopic (exact) mass is 525 g/mol. The molecule has 6 aliphatic rings. The number of benzene rings is 1. The largest absolute Gasteiger partial charge is 0.458 e. The van der Waals surface area contributed by atoms with Gasteiger partial charge in [-0.15, -0.1) is 0 Å². The normalized spacial score (nSPS) is 50.2. The molecule has 1 N–H and O–H groups in total. The molecule has 1 spiro atoms. The summed E-state index contributed by atoms with van der Waals surface area (Å²) in [6.07, 6.45) is 4.25. The third-order valence-electron chi connectivity index (χ3n) is 12.4. The van der Waals surface area contributed by atoms with E-state index in [-0.39, 0.29) is 64.8 Å². The molecule has 208 valence electrons. The van der Waals surface area contributed by atoms with Gasteiger partial charge in [0, 0.05) is 68.9 Å². The molecule has 1 saturated heterocycles. The number of carbonyl (C=O) groups excluding carboxylic acids is 1. The fourth-order valence-corrected chi connectivity index (χ4v) is 11.5.